The first-order chi connectivity index (χ1) is 6.56. The fourth-order valence-corrected chi connectivity index (χ4v) is 1.50. The highest BCUT2D eigenvalue weighted by Crippen LogP contribution is 2.22. The van der Waals surface area contributed by atoms with Crippen LogP contribution in [0.1, 0.15) is 17.2 Å². The molecule has 78 valence electrons. The summed E-state index contributed by atoms with van der Waals surface area (Å²) in [5, 5.41) is 19.4. The summed E-state index contributed by atoms with van der Waals surface area (Å²) in [4.78, 5) is 0. The third-order valence-corrected chi connectivity index (χ3v) is 2.83. The first-order valence-corrected chi connectivity index (χ1v) is 5.46. The van der Waals surface area contributed by atoms with Crippen LogP contribution in [-0.2, 0) is 0 Å². The van der Waals surface area contributed by atoms with Gasteiger partial charge in [0.2, 0.25) is 0 Å². The Morgan fingerprint density at radius 3 is 2.57 bits per heavy atom. The van der Waals surface area contributed by atoms with Crippen LogP contribution in [0, 0.1) is 6.92 Å². The van der Waals surface area contributed by atoms with E-state index in [9.17, 15) is 10.2 Å². The molecular weight excluding hydrogens is 246 g/mol. The molecule has 0 aliphatic rings. The number of hydrogen-bond acceptors (Lipinski definition) is 3. The first-order valence-electron chi connectivity index (χ1n) is 4.34. The van der Waals surface area contributed by atoms with Crippen molar-refractivity contribution in [2.75, 3.05) is 11.1 Å². The quantitative estimate of drug-likeness (QED) is 0.568. The number of hydrogen-bond donors (Lipinski definition) is 3. The molecule has 0 saturated carbocycles. The van der Waals surface area contributed by atoms with Crippen molar-refractivity contribution in [3.8, 4) is 0 Å². The maximum absolute atomic E-state index is 9.67. The molecule has 0 heterocycles. The lowest BCUT2D eigenvalue weighted by Crippen LogP contribution is -2.19. The third kappa shape index (κ3) is 2.47. The highest BCUT2D eigenvalue weighted by molar-refractivity contribution is 9.09. The van der Waals surface area contributed by atoms with E-state index in [1.54, 1.807) is 12.1 Å². The average molecular weight is 260 g/mol. The van der Waals surface area contributed by atoms with E-state index in [2.05, 4.69) is 15.9 Å². The highest BCUT2D eigenvalue weighted by atomic mass is 79.9. The molecule has 2 unspecified atom stereocenters. The van der Waals surface area contributed by atoms with Gasteiger partial charge < -0.3 is 15.9 Å². The monoisotopic (exact) mass is 259 g/mol. The van der Waals surface area contributed by atoms with Gasteiger partial charge in [-0.2, -0.15) is 0 Å². The minimum absolute atomic E-state index is 0.335. The topological polar surface area (TPSA) is 66.5 Å². The third-order valence-electron chi connectivity index (χ3n) is 2.17. The van der Waals surface area contributed by atoms with Gasteiger partial charge in [-0.05, 0) is 24.1 Å². The van der Waals surface area contributed by atoms with E-state index in [1.807, 2.05) is 13.0 Å². The number of alkyl halides is 1. The summed E-state index contributed by atoms with van der Waals surface area (Å²) >= 11 is 3.10. The predicted molar refractivity (Wildman–Crippen MR) is 60.4 cm³/mol. The van der Waals surface area contributed by atoms with Crippen molar-refractivity contribution in [1.29, 1.82) is 0 Å². The summed E-state index contributed by atoms with van der Waals surface area (Å²) in [5.74, 6) is 0. The van der Waals surface area contributed by atoms with E-state index in [-0.39, 0.29) is 0 Å². The fraction of sp³-hybridized carbons (Fsp3) is 0.400. The molecule has 4 heteroatoms. The SMILES string of the molecule is Cc1ccc(C(O)C(O)CBr)cc1N. The van der Waals surface area contributed by atoms with Crippen molar-refractivity contribution >= 4 is 21.6 Å². The smallest absolute Gasteiger partial charge is 0.106 e. The number of nitrogens with two attached hydrogens (primary N) is 1. The molecule has 0 bridgehead atoms. The van der Waals surface area contributed by atoms with Gasteiger partial charge in [0.05, 0.1) is 6.10 Å². The average Bonchev–Trinajstić information content (AvgIpc) is 2.20. The lowest BCUT2D eigenvalue weighted by atomic mass is 10.0. The zero-order valence-corrected chi connectivity index (χ0v) is 9.53. The van der Waals surface area contributed by atoms with Gasteiger partial charge in [-0.25, -0.2) is 0 Å². The Morgan fingerprint density at radius 2 is 2.07 bits per heavy atom. The Hall–Kier alpha value is -0.580. The Morgan fingerprint density at radius 1 is 1.43 bits per heavy atom. The molecule has 0 aromatic heterocycles. The molecule has 3 nitrogen and oxygen atoms in total. The Bertz CT molecular complexity index is 317. The first kappa shape index (κ1) is 11.5. The van der Waals surface area contributed by atoms with Gasteiger partial charge in [-0.15, -0.1) is 0 Å². The lowest BCUT2D eigenvalue weighted by molar-refractivity contribution is 0.0343. The normalized spacial score (nSPS) is 15.1. The summed E-state index contributed by atoms with van der Waals surface area (Å²) in [6, 6.07) is 5.28. The molecule has 1 rings (SSSR count). The largest absolute Gasteiger partial charge is 0.399 e. The van der Waals surface area contributed by atoms with Crippen LogP contribution >= 0.6 is 15.9 Å². The van der Waals surface area contributed by atoms with Gasteiger partial charge in [0.25, 0.3) is 0 Å². The maximum Gasteiger partial charge on any atom is 0.106 e. The Labute approximate surface area is 91.7 Å². The van der Waals surface area contributed by atoms with E-state index in [0.717, 1.165) is 5.56 Å². The van der Waals surface area contributed by atoms with Crippen LogP contribution in [-0.4, -0.2) is 21.6 Å². The zero-order chi connectivity index (χ0) is 10.7. The number of aliphatic hydroxyl groups excluding tert-OH is 2. The maximum atomic E-state index is 9.67. The van der Waals surface area contributed by atoms with Crippen LogP contribution in [0.15, 0.2) is 18.2 Å². The van der Waals surface area contributed by atoms with Gasteiger partial charge in [0, 0.05) is 11.0 Å². The molecule has 0 amide bonds. The highest BCUT2D eigenvalue weighted by Gasteiger charge is 2.17. The number of halogens is 1. The summed E-state index contributed by atoms with van der Waals surface area (Å²) in [6.45, 7) is 1.90. The van der Waals surface area contributed by atoms with Crippen LogP contribution in [0.25, 0.3) is 0 Å². The Kier molecular flexibility index (Phi) is 3.92. The van der Waals surface area contributed by atoms with Crippen LogP contribution in [0.2, 0.25) is 0 Å². The summed E-state index contributed by atoms with van der Waals surface area (Å²) in [6.07, 6.45) is -1.70. The van der Waals surface area contributed by atoms with Crippen molar-refractivity contribution in [2.45, 2.75) is 19.1 Å². The number of aliphatic hydroxyl groups is 2. The number of aryl methyl sites for hydroxylation is 1. The fourth-order valence-electron chi connectivity index (χ4n) is 1.15. The molecule has 0 radical (unpaired) electrons. The summed E-state index contributed by atoms with van der Waals surface area (Å²) < 4.78 is 0. The molecular formula is C10H14BrNO2. The molecule has 0 saturated heterocycles. The van der Waals surface area contributed by atoms with Crippen molar-refractivity contribution in [3.63, 3.8) is 0 Å². The molecule has 1 aromatic rings. The van der Waals surface area contributed by atoms with Crippen LogP contribution in [0.4, 0.5) is 5.69 Å². The molecule has 2 atom stereocenters. The second-order valence-electron chi connectivity index (χ2n) is 3.28. The minimum atomic E-state index is -0.891. The number of anilines is 1. The molecule has 1 aromatic carbocycles. The van der Waals surface area contributed by atoms with E-state index in [1.165, 1.54) is 0 Å². The van der Waals surface area contributed by atoms with Crippen LogP contribution in [0.5, 0.6) is 0 Å². The molecule has 0 aliphatic carbocycles. The van der Waals surface area contributed by atoms with E-state index >= 15 is 0 Å². The summed E-state index contributed by atoms with van der Waals surface area (Å²) in [7, 11) is 0. The van der Waals surface area contributed by atoms with Crippen LogP contribution < -0.4 is 5.73 Å². The van der Waals surface area contributed by atoms with Crippen molar-refractivity contribution in [1.82, 2.24) is 0 Å². The number of rotatable bonds is 3. The predicted octanol–water partition coefficient (Wildman–Crippen LogP) is 1.37. The molecule has 4 N–H and O–H groups in total. The second-order valence-corrected chi connectivity index (χ2v) is 3.93. The van der Waals surface area contributed by atoms with Crippen molar-refractivity contribution in [2.24, 2.45) is 0 Å². The molecule has 0 fully saturated rings. The Balaban J connectivity index is 2.91. The second kappa shape index (κ2) is 4.77. The minimum Gasteiger partial charge on any atom is -0.399 e. The lowest BCUT2D eigenvalue weighted by Gasteiger charge is -2.16. The van der Waals surface area contributed by atoms with Gasteiger partial charge >= 0.3 is 0 Å². The zero-order valence-electron chi connectivity index (χ0n) is 7.94. The van der Waals surface area contributed by atoms with E-state index in [4.69, 9.17) is 5.73 Å². The van der Waals surface area contributed by atoms with Gasteiger partial charge in [-0.3, -0.25) is 0 Å². The summed E-state index contributed by atoms with van der Waals surface area (Å²) in [5.41, 5.74) is 7.93. The molecule has 14 heavy (non-hydrogen) atoms. The van der Waals surface area contributed by atoms with E-state index in [0.29, 0.717) is 16.6 Å². The number of nitrogen functional groups attached to an aromatic ring is 1. The van der Waals surface area contributed by atoms with Gasteiger partial charge in [-0.1, -0.05) is 28.1 Å². The number of benzene rings is 1. The molecule has 0 aliphatic heterocycles. The molecule has 0 spiro atoms. The van der Waals surface area contributed by atoms with E-state index < -0.39 is 12.2 Å². The van der Waals surface area contributed by atoms with Crippen molar-refractivity contribution < 1.29 is 10.2 Å². The van der Waals surface area contributed by atoms with Gasteiger partial charge in [0.15, 0.2) is 0 Å². The van der Waals surface area contributed by atoms with Crippen LogP contribution in [0.3, 0.4) is 0 Å². The standard InChI is InChI=1S/C10H14BrNO2/c1-6-2-3-7(4-8(6)12)10(14)9(13)5-11/h2-4,9-10,13-14H,5,12H2,1H3. The van der Waals surface area contributed by atoms with Crippen molar-refractivity contribution in [3.05, 3.63) is 29.3 Å². The van der Waals surface area contributed by atoms with Gasteiger partial charge in [0.1, 0.15) is 6.10 Å².